The molecule has 1 aromatic heterocycles. The molecule has 2 nitrogen and oxygen atoms in total. The van der Waals surface area contributed by atoms with E-state index in [0.29, 0.717) is 22.6 Å². The summed E-state index contributed by atoms with van der Waals surface area (Å²) >= 11 is 0. The van der Waals surface area contributed by atoms with Crippen LogP contribution in [0.15, 0.2) is 39.6 Å². The third-order valence-corrected chi connectivity index (χ3v) is 10.7. The Morgan fingerprint density at radius 3 is 2.03 bits per heavy atom. The van der Waals surface area contributed by atoms with Crippen LogP contribution >= 0.6 is 0 Å². The van der Waals surface area contributed by atoms with Gasteiger partial charge in [0.25, 0.3) is 0 Å². The fraction of sp³-hybridized carbons (Fsp3) is 0.694. The molecule has 3 heteroatoms. The Hall–Kier alpha value is -1.90. The molecule has 214 valence electrons. The highest BCUT2D eigenvalue weighted by Gasteiger charge is 2.26. The first-order valence-electron chi connectivity index (χ1n) is 16.5. The first-order valence-corrected chi connectivity index (χ1v) is 16.5. The molecular formula is C36H51FO2. The van der Waals surface area contributed by atoms with Crippen molar-refractivity contribution in [3.8, 4) is 0 Å². The summed E-state index contributed by atoms with van der Waals surface area (Å²) in [5, 5.41) is 0.850. The van der Waals surface area contributed by atoms with Crippen LogP contribution in [0.1, 0.15) is 134 Å². The average molecular weight is 535 g/mol. The molecule has 3 aliphatic rings. The van der Waals surface area contributed by atoms with Gasteiger partial charge in [0.05, 0.1) is 0 Å². The number of halogens is 1. The predicted molar refractivity (Wildman–Crippen MR) is 161 cm³/mol. The number of hydrogen-bond donors (Lipinski definition) is 0. The molecule has 1 heterocycles. The summed E-state index contributed by atoms with van der Waals surface area (Å²) in [6.45, 7) is 4.60. The van der Waals surface area contributed by atoms with Crippen LogP contribution in [0.5, 0.6) is 0 Å². The lowest BCUT2D eigenvalue weighted by molar-refractivity contribution is 0.255. The predicted octanol–water partition coefficient (Wildman–Crippen LogP) is 10.5. The summed E-state index contributed by atoms with van der Waals surface area (Å²) < 4.78 is 21.4. The van der Waals surface area contributed by atoms with Crippen LogP contribution in [0, 0.1) is 35.4 Å². The Kier molecular flexibility index (Phi) is 10.0. The van der Waals surface area contributed by atoms with Crippen molar-refractivity contribution in [1.82, 2.24) is 0 Å². The molecule has 5 rings (SSSR count). The Morgan fingerprint density at radius 1 is 0.795 bits per heavy atom. The van der Waals surface area contributed by atoms with Gasteiger partial charge in [-0.1, -0.05) is 83.1 Å². The second-order valence-corrected chi connectivity index (χ2v) is 13.3. The quantitative estimate of drug-likeness (QED) is 0.300. The first-order chi connectivity index (χ1) is 19.0. The molecule has 0 amide bonds. The van der Waals surface area contributed by atoms with E-state index < -0.39 is 5.63 Å². The van der Waals surface area contributed by atoms with Gasteiger partial charge in [-0.3, -0.25) is 0 Å². The van der Waals surface area contributed by atoms with E-state index in [1.807, 2.05) is 18.2 Å². The van der Waals surface area contributed by atoms with Crippen molar-refractivity contribution in [3.05, 3.63) is 57.9 Å². The largest absolute Gasteiger partial charge is 0.427 e. The summed E-state index contributed by atoms with van der Waals surface area (Å²) in [5.41, 5.74) is 0.216. The van der Waals surface area contributed by atoms with E-state index in [9.17, 15) is 4.79 Å². The van der Waals surface area contributed by atoms with Crippen LogP contribution in [0.25, 0.3) is 10.8 Å². The number of benzene rings is 1. The summed E-state index contributed by atoms with van der Waals surface area (Å²) in [6, 6.07) is 5.82. The molecule has 3 saturated carbocycles. The van der Waals surface area contributed by atoms with E-state index in [2.05, 4.69) is 26.0 Å². The van der Waals surface area contributed by atoms with E-state index in [1.54, 1.807) is 0 Å². The smallest absolute Gasteiger partial charge is 0.346 e. The number of rotatable bonds is 9. The van der Waals surface area contributed by atoms with Gasteiger partial charge in [0.1, 0.15) is 17.0 Å². The minimum Gasteiger partial charge on any atom is -0.427 e. The lowest BCUT2D eigenvalue weighted by Crippen LogP contribution is -2.16. The number of aryl methyl sites for hydroxylation is 1. The normalized spacial score (nSPS) is 30.2. The van der Waals surface area contributed by atoms with Crippen molar-refractivity contribution in [3.63, 3.8) is 0 Å². The van der Waals surface area contributed by atoms with Gasteiger partial charge < -0.3 is 4.42 Å². The second kappa shape index (κ2) is 13.6. The molecule has 0 N–H and O–H groups in total. The lowest BCUT2D eigenvalue weighted by atomic mass is 9.76. The minimum absolute atomic E-state index is 0.153. The molecule has 0 atom stereocenters. The van der Waals surface area contributed by atoms with E-state index in [1.165, 1.54) is 70.6 Å². The summed E-state index contributed by atoms with van der Waals surface area (Å²) in [7, 11) is 0. The van der Waals surface area contributed by atoms with E-state index >= 15 is 4.39 Å². The highest BCUT2D eigenvalue weighted by molar-refractivity contribution is 5.83. The standard InChI is InChI=1S/C36H51FO2/c1-3-5-26-10-12-27(13-11-26)14-15-29-16-19-30(20-17-29)33-23-21-31-24-32(39-36(38)34(31)35(33)37)22-18-28-8-6-25(4-2)7-9-28/h14-15,21,23-30H,3-13,16-20,22H2,1-2H3/b15-14+. The van der Waals surface area contributed by atoms with Gasteiger partial charge in [0, 0.05) is 6.42 Å². The zero-order valence-corrected chi connectivity index (χ0v) is 24.6. The molecular weight excluding hydrogens is 483 g/mol. The maximum atomic E-state index is 15.7. The Morgan fingerprint density at radius 2 is 1.38 bits per heavy atom. The zero-order valence-electron chi connectivity index (χ0n) is 24.6. The minimum atomic E-state index is -0.498. The molecule has 0 unspecified atom stereocenters. The van der Waals surface area contributed by atoms with Crippen LogP contribution < -0.4 is 5.63 Å². The van der Waals surface area contributed by atoms with Crippen LogP contribution in [-0.2, 0) is 6.42 Å². The molecule has 2 aromatic rings. The SMILES string of the molecule is CCCC1CCC(/C=C/C2CCC(c3ccc4cc(CCC5CCC(CC)CC5)oc(=O)c4c3F)CC2)CC1. The lowest BCUT2D eigenvalue weighted by Gasteiger charge is -2.29. The van der Waals surface area contributed by atoms with Crippen LogP contribution in [0.2, 0.25) is 0 Å². The van der Waals surface area contributed by atoms with Crippen molar-refractivity contribution in [2.24, 2.45) is 29.6 Å². The zero-order chi connectivity index (χ0) is 27.2. The van der Waals surface area contributed by atoms with Gasteiger partial charge in [-0.15, -0.1) is 0 Å². The van der Waals surface area contributed by atoms with E-state index in [4.69, 9.17) is 4.42 Å². The molecule has 0 aliphatic heterocycles. The van der Waals surface area contributed by atoms with Gasteiger partial charge in [-0.25, -0.2) is 9.18 Å². The maximum absolute atomic E-state index is 15.7. The summed E-state index contributed by atoms with van der Waals surface area (Å²) in [6.07, 6.45) is 25.7. The van der Waals surface area contributed by atoms with Gasteiger partial charge in [0.2, 0.25) is 0 Å². The van der Waals surface area contributed by atoms with E-state index in [-0.39, 0.29) is 17.1 Å². The molecule has 0 radical (unpaired) electrons. The molecule has 39 heavy (non-hydrogen) atoms. The van der Waals surface area contributed by atoms with E-state index in [0.717, 1.165) is 62.2 Å². The third kappa shape index (κ3) is 7.25. The first kappa shape index (κ1) is 28.6. The second-order valence-electron chi connectivity index (χ2n) is 13.3. The van der Waals surface area contributed by atoms with Crippen LogP contribution in [0.3, 0.4) is 0 Å². The van der Waals surface area contributed by atoms with Crippen molar-refractivity contribution in [2.45, 2.75) is 129 Å². The van der Waals surface area contributed by atoms with Gasteiger partial charge in [0.15, 0.2) is 0 Å². The average Bonchev–Trinajstić information content (AvgIpc) is 2.96. The van der Waals surface area contributed by atoms with Crippen molar-refractivity contribution >= 4 is 10.8 Å². The van der Waals surface area contributed by atoms with Crippen LogP contribution in [0.4, 0.5) is 4.39 Å². The molecule has 3 fully saturated rings. The summed E-state index contributed by atoms with van der Waals surface area (Å²) in [4.78, 5) is 12.9. The maximum Gasteiger partial charge on any atom is 0.346 e. The topological polar surface area (TPSA) is 30.2 Å². The van der Waals surface area contributed by atoms with Gasteiger partial charge in [-0.05, 0) is 110 Å². The molecule has 1 aromatic carbocycles. The Labute approximate surface area is 235 Å². The fourth-order valence-electron chi connectivity index (χ4n) is 8.04. The van der Waals surface area contributed by atoms with Crippen LogP contribution in [-0.4, -0.2) is 0 Å². The molecule has 0 spiro atoms. The van der Waals surface area contributed by atoms with Crippen molar-refractivity contribution in [2.75, 3.05) is 0 Å². The van der Waals surface area contributed by atoms with Gasteiger partial charge >= 0.3 is 5.63 Å². The third-order valence-electron chi connectivity index (χ3n) is 10.7. The number of hydrogen-bond acceptors (Lipinski definition) is 2. The highest BCUT2D eigenvalue weighted by Crippen LogP contribution is 2.40. The number of fused-ring (bicyclic) bond motifs is 1. The van der Waals surface area contributed by atoms with Gasteiger partial charge in [-0.2, -0.15) is 0 Å². The van der Waals surface area contributed by atoms with Crippen molar-refractivity contribution in [1.29, 1.82) is 0 Å². The summed E-state index contributed by atoms with van der Waals surface area (Å²) in [5.74, 6) is 4.51. The van der Waals surface area contributed by atoms with Crippen molar-refractivity contribution < 1.29 is 8.81 Å². The number of allylic oxidation sites excluding steroid dienone is 2. The Bertz CT molecular complexity index is 1140. The molecule has 0 bridgehead atoms. The monoisotopic (exact) mass is 534 g/mol. The highest BCUT2D eigenvalue weighted by atomic mass is 19.1. The molecule has 3 aliphatic carbocycles. The Balaban J connectivity index is 1.16. The fourth-order valence-corrected chi connectivity index (χ4v) is 8.04. The molecule has 0 saturated heterocycles.